The number of imidazole rings is 1. The van der Waals surface area contributed by atoms with E-state index in [-0.39, 0.29) is 6.10 Å². The Labute approximate surface area is 147 Å². The summed E-state index contributed by atoms with van der Waals surface area (Å²) in [6, 6.07) is 12.7. The molecular weight excluding hydrogens is 312 g/mol. The predicted octanol–water partition coefficient (Wildman–Crippen LogP) is 3.41. The number of fused-ring (bicyclic) bond motifs is 3. The number of pyridine rings is 1. The SMILES string of the molecule is Cc1cc(N2CCCC2CC(C)O)n2c(nc3ccccc32)c1C#N. The van der Waals surface area contributed by atoms with Crippen molar-refractivity contribution in [2.45, 2.75) is 45.3 Å². The lowest BCUT2D eigenvalue weighted by atomic mass is 10.1. The first-order valence-corrected chi connectivity index (χ1v) is 8.85. The summed E-state index contributed by atoms with van der Waals surface area (Å²) in [6.07, 6.45) is 2.63. The van der Waals surface area contributed by atoms with Gasteiger partial charge in [0.1, 0.15) is 11.9 Å². The number of aryl methyl sites for hydroxylation is 1. The van der Waals surface area contributed by atoms with Crippen molar-refractivity contribution in [2.75, 3.05) is 11.4 Å². The molecule has 1 fully saturated rings. The summed E-state index contributed by atoms with van der Waals surface area (Å²) in [7, 11) is 0. The van der Waals surface area contributed by atoms with Gasteiger partial charge >= 0.3 is 0 Å². The van der Waals surface area contributed by atoms with Crippen molar-refractivity contribution in [1.29, 1.82) is 5.26 Å². The zero-order chi connectivity index (χ0) is 17.6. The number of hydrogen-bond donors (Lipinski definition) is 1. The van der Waals surface area contributed by atoms with Crippen molar-refractivity contribution in [3.63, 3.8) is 0 Å². The zero-order valence-corrected chi connectivity index (χ0v) is 14.6. The van der Waals surface area contributed by atoms with Gasteiger partial charge in [0.2, 0.25) is 0 Å². The number of rotatable bonds is 3. The highest BCUT2D eigenvalue weighted by Crippen LogP contribution is 2.33. The molecule has 1 aromatic carbocycles. The zero-order valence-electron chi connectivity index (χ0n) is 14.6. The summed E-state index contributed by atoms with van der Waals surface area (Å²) in [5.41, 5.74) is 4.22. The van der Waals surface area contributed by atoms with E-state index in [4.69, 9.17) is 4.98 Å². The number of benzene rings is 1. The number of aliphatic hydroxyl groups excluding tert-OH is 1. The topological polar surface area (TPSA) is 64.6 Å². The van der Waals surface area contributed by atoms with E-state index in [1.165, 1.54) is 0 Å². The van der Waals surface area contributed by atoms with Gasteiger partial charge in [0.25, 0.3) is 0 Å². The van der Waals surface area contributed by atoms with Crippen molar-refractivity contribution in [2.24, 2.45) is 0 Å². The summed E-state index contributed by atoms with van der Waals surface area (Å²) in [5, 5.41) is 19.5. The van der Waals surface area contributed by atoms with Gasteiger partial charge in [0, 0.05) is 12.6 Å². The number of aliphatic hydroxyl groups is 1. The van der Waals surface area contributed by atoms with Gasteiger partial charge in [-0.25, -0.2) is 4.98 Å². The molecule has 1 saturated heterocycles. The van der Waals surface area contributed by atoms with Crippen LogP contribution in [0.3, 0.4) is 0 Å². The lowest BCUT2D eigenvalue weighted by Crippen LogP contribution is -2.33. The minimum absolute atomic E-state index is 0.316. The van der Waals surface area contributed by atoms with E-state index in [0.29, 0.717) is 11.6 Å². The molecule has 0 radical (unpaired) electrons. The molecule has 0 saturated carbocycles. The van der Waals surface area contributed by atoms with Gasteiger partial charge in [-0.05, 0) is 56.9 Å². The van der Waals surface area contributed by atoms with Gasteiger partial charge in [0.15, 0.2) is 5.65 Å². The highest BCUT2D eigenvalue weighted by Gasteiger charge is 2.29. The maximum atomic E-state index is 9.87. The van der Waals surface area contributed by atoms with Crippen molar-refractivity contribution in [3.05, 3.63) is 41.5 Å². The van der Waals surface area contributed by atoms with Crippen LogP contribution in [0, 0.1) is 18.3 Å². The summed E-state index contributed by atoms with van der Waals surface area (Å²) in [6.45, 7) is 4.79. The van der Waals surface area contributed by atoms with Crippen LogP contribution >= 0.6 is 0 Å². The quantitative estimate of drug-likeness (QED) is 0.797. The van der Waals surface area contributed by atoms with Crippen LogP contribution in [-0.2, 0) is 0 Å². The average molecular weight is 334 g/mol. The Balaban J connectivity index is 1.99. The molecule has 1 aliphatic rings. The number of hydrogen-bond acceptors (Lipinski definition) is 4. The third-order valence-electron chi connectivity index (χ3n) is 5.15. The molecule has 2 unspecified atom stereocenters. The van der Waals surface area contributed by atoms with E-state index < -0.39 is 0 Å². The fourth-order valence-electron chi connectivity index (χ4n) is 4.06. The van der Waals surface area contributed by atoms with Crippen molar-refractivity contribution >= 4 is 22.5 Å². The molecule has 0 bridgehead atoms. The molecule has 3 heterocycles. The highest BCUT2D eigenvalue weighted by atomic mass is 16.3. The first-order valence-electron chi connectivity index (χ1n) is 8.85. The second kappa shape index (κ2) is 6.05. The Hall–Kier alpha value is -2.58. The van der Waals surface area contributed by atoms with Gasteiger partial charge in [0.05, 0.1) is 22.7 Å². The van der Waals surface area contributed by atoms with E-state index >= 15 is 0 Å². The first kappa shape index (κ1) is 15.9. The van der Waals surface area contributed by atoms with Crippen molar-refractivity contribution in [3.8, 4) is 6.07 Å². The van der Waals surface area contributed by atoms with Gasteiger partial charge in [-0.2, -0.15) is 5.26 Å². The van der Waals surface area contributed by atoms with E-state index in [9.17, 15) is 10.4 Å². The van der Waals surface area contributed by atoms with Gasteiger partial charge in [-0.15, -0.1) is 0 Å². The van der Waals surface area contributed by atoms with Crippen LogP contribution in [0.5, 0.6) is 0 Å². The third-order valence-corrected chi connectivity index (χ3v) is 5.15. The summed E-state index contributed by atoms with van der Waals surface area (Å²) in [5.74, 6) is 1.07. The van der Waals surface area contributed by atoms with E-state index in [2.05, 4.69) is 27.5 Å². The number of anilines is 1. The molecule has 1 N–H and O–H groups in total. The minimum atomic E-state index is -0.319. The lowest BCUT2D eigenvalue weighted by molar-refractivity contribution is 0.175. The molecule has 25 heavy (non-hydrogen) atoms. The van der Waals surface area contributed by atoms with E-state index in [1.54, 1.807) is 0 Å². The smallest absolute Gasteiger partial charge is 0.157 e. The third kappa shape index (κ3) is 2.54. The fourth-order valence-corrected chi connectivity index (χ4v) is 4.06. The maximum Gasteiger partial charge on any atom is 0.157 e. The molecule has 2 aromatic heterocycles. The van der Waals surface area contributed by atoms with Crippen LogP contribution in [-0.4, -0.2) is 33.2 Å². The molecule has 1 aliphatic heterocycles. The summed E-state index contributed by atoms with van der Waals surface area (Å²) < 4.78 is 2.11. The molecular formula is C20H22N4O. The lowest BCUT2D eigenvalue weighted by Gasteiger charge is -2.29. The van der Waals surface area contributed by atoms with Crippen LogP contribution in [0.4, 0.5) is 5.82 Å². The highest BCUT2D eigenvalue weighted by molar-refractivity contribution is 5.85. The molecule has 2 atom stereocenters. The molecule has 3 aromatic rings. The number of nitrogens with zero attached hydrogens (tertiary/aromatic N) is 4. The Morgan fingerprint density at radius 2 is 2.20 bits per heavy atom. The fraction of sp³-hybridized carbons (Fsp3) is 0.400. The molecule has 5 heteroatoms. The average Bonchev–Trinajstić information content (AvgIpc) is 3.18. The largest absolute Gasteiger partial charge is 0.393 e. The second-order valence-corrected chi connectivity index (χ2v) is 7.01. The molecule has 0 spiro atoms. The van der Waals surface area contributed by atoms with Crippen LogP contribution < -0.4 is 4.90 Å². The molecule has 4 rings (SSSR count). The second-order valence-electron chi connectivity index (χ2n) is 7.01. The van der Waals surface area contributed by atoms with Crippen LogP contribution in [0.25, 0.3) is 16.7 Å². The van der Waals surface area contributed by atoms with Gasteiger partial charge < -0.3 is 10.0 Å². The van der Waals surface area contributed by atoms with Crippen LogP contribution in [0.15, 0.2) is 30.3 Å². The van der Waals surface area contributed by atoms with Gasteiger partial charge in [-0.1, -0.05) is 12.1 Å². The summed E-state index contributed by atoms with van der Waals surface area (Å²) in [4.78, 5) is 7.11. The Kier molecular flexibility index (Phi) is 3.85. The normalized spacial score (nSPS) is 18.8. The Morgan fingerprint density at radius 1 is 1.40 bits per heavy atom. The predicted molar refractivity (Wildman–Crippen MR) is 98.8 cm³/mol. The Morgan fingerprint density at radius 3 is 2.96 bits per heavy atom. The number of para-hydroxylation sites is 2. The maximum absolute atomic E-state index is 9.87. The first-order chi connectivity index (χ1) is 12.1. The van der Waals surface area contributed by atoms with E-state index in [0.717, 1.165) is 53.9 Å². The minimum Gasteiger partial charge on any atom is -0.393 e. The molecule has 128 valence electrons. The van der Waals surface area contributed by atoms with Crippen LogP contribution in [0.1, 0.15) is 37.3 Å². The number of nitriles is 1. The molecule has 0 aliphatic carbocycles. The van der Waals surface area contributed by atoms with Crippen LogP contribution in [0.2, 0.25) is 0 Å². The van der Waals surface area contributed by atoms with Crippen molar-refractivity contribution in [1.82, 2.24) is 9.38 Å². The van der Waals surface area contributed by atoms with Crippen molar-refractivity contribution < 1.29 is 5.11 Å². The molecule has 5 nitrogen and oxygen atoms in total. The molecule has 0 amide bonds. The Bertz CT molecular complexity index is 983. The van der Waals surface area contributed by atoms with E-state index in [1.807, 2.05) is 32.0 Å². The summed E-state index contributed by atoms with van der Waals surface area (Å²) >= 11 is 0. The monoisotopic (exact) mass is 334 g/mol. The standard InChI is InChI=1S/C20H22N4O/c1-13-10-19(23-9-5-6-15(23)11-14(2)25)24-18-8-4-3-7-17(18)22-20(24)16(13)12-21/h3-4,7-8,10,14-15,25H,5-6,9,11H2,1-2H3. The number of aromatic nitrogens is 2. The van der Waals surface area contributed by atoms with Gasteiger partial charge in [-0.3, -0.25) is 4.40 Å².